The molecule has 0 fully saturated rings. The van der Waals surface area contributed by atoms with Gasteiger partial charge in [-0.15, -0.1) is 0 Å². The summed E-state index contributed by atoms with van der Waals surface area (Å²) in [5, 5.41) is 4.05. The van der Waals surface area contributed by atoms with Crippen LogP contribution in [0, 0.1) is 6.92 Å². The lowest BCUT2D eigenvalue weighted by Crippen LogP contribution is -2.17. The normalized spacial score (nSPS) is 10.7. The van der Waals surface area contributed by atoms with Crippen LogP contribution in [0.1, 0.15) is 32.6 Å². The highest BCUT2D eigenvalue weighted by molar-refractivity contribution is 5.95. The van der Waals surface area contributed by atoms with Crippen LogP contribution in [0.3, 0.4) is 0 Å². The molecule has 0 aliphatic carbocycles. The van der Waals surface area contributed by atoms with Crippen LogP contribution in [0.5, 0.6) is 11.5 Å². The maximum atomic E-state index is 12.3. The number of carbonyl (C=O) groups excluding carboxylic acids is 1. The molecule has 4 rings (SSSR count). The number of hydrogen-bond donors (Lipinski definition) is 1. The number of nitrogens with zero attached hydrogens (tertiary/aromatic N) is 1. The lowest BCUT2D eigenvalue weighted by Gasteiger charge is -2.07. The average Bonchev–Trinajstić information content (AvgIpc) is 2.89. The van der Waals surface area contributed by atoms with Gasteiger partial charge in [-0.3, -0.25) is 4.79 Å². The minimum absolute atomic E-state index is 0.288. The number of hydrogen-bond acceptors (Lipinski definition) is 4. The van der Waals surface area contributed by atoms with Crippen molar-refractivity contribution in [1.29, 1.82) is 0 Å². The Balaban J connectivity index is 1.23. The summed E-state index contributed by atoms with van der Waals surface area (Å²) in [6, 6.07) is 32.7. The molecule has 4 aromatic rings. The summed E-state index contributed by atoms with van der Waals surface area (Å²) >= 11 is 0. The van der Waals surface area contributed by atoms with Crippen molar-refractivity contribution in [3.05, 3.63) is 131 Å². The third-order valence-corrected chi connectivity index (χ3v) is 5.15. The van der Waals surface area contributed by atoms with Crippen molar-refractivity contribution in [2.75, 3.05) is 0 Å². The highest BCUT2D eigenvalue weighted by atomic mass is 16.5. The van der Waals surface area contributed by atoms with Gasteiger partial charge in [-0.1, -0.05) is 60.2 Å². The molecule has 170 valence electrons. The first-order chi connectivity index (χ1) is 16.7. The third kappa shape index (κ3) is 6.81. The highest BCUT2D eigenvalue weighted by Crippen LogP contribution is 2.15. The van der Waals surface area contributed by atoms with E-state index in [4.69, 9.17) is 9.47 Å². The van der Waals surface area contributed by atoms with Gasteiger partial charge in [0.2, 0.25) is 0 Å². The van der Waals surface area contributed by atoms with Crippen LogP contribution in [-0.4, -0.2) is 12.1 Å². The number of rotatable bonds is 9. The first kappa shape index (κ1) is 22.8. The number of aryl methyl sites for hydroxylation is 1. The predicted molar refractivity (Wildman–Crippen MR) is 134 cm³/mol. The molecule has 0 saturated heterocycles. The first-order valence-corrected chi connectivity index (χ1v) is 11.0. The van der Waals surface area contributed by atoms with Crippen LogP contribution in [0.4, 0.5) is 0 Å². The molecular formula is C29H26N2O3. The predicted octanol–water partition coefficient (Wildman–Crippen LogP) is 5.92. The molecule has 0 saturated carbocycles. The molecule has 1 N–H and O–H groups in total. The van der Waals surface area contributed by atoms with Crippen molar-refractivity contribution in [1.82, 2.24) is 5.43 Å². The molecular weight excluding hydrogens is 424 g/mol. The van der Waals surface area contributed by atoms with E-state index >= 15 is 0 Å². The number of carbonyl (C=O) groups is 1. The van der Waals surface area contributed by atoms with Crippen LogP contribution in [0.2, 0.25) is 0 Å². The molecule has 0 aliphatic rings. The summed E-state index contributed by atoms with van der Waals surface area (Å²) in [5.74, 6) is 1.19. The standard InChI is InChI=1S/C29H26N2O3/c1-22-7-9-25(10-8-22)21-34-28-17-13-26(14-18-28)29(32)31-30-19-23-11-15-27(16-12-23)33-20-24-5-3-2-4-6-24/h2-19H,20-21H2,1H3,(H,31,32). The molecule has 0 aliphatic heterocycles. The van der Waals surface area contributed by atoms with Crippen LogP contribution in [0.25, 0.3) is 0 Å². The first-order valence-electron chi connectivity index (χ1n) is 11.0. The minimum Gasteiger partial charge on any atom is -0.489 e. The summed E-state index contributed by atoms with van der Waals surface area (Å²) in [7, 11) is 0. The van der Waals surface area contributed by atoms with E-state index in [-0.39, 0.29) is 5.91 Å². The zero-order valence-corrected chi connectivity index (χ0v) is 19.0. The molecule has 34 heavy (non-hydrogen) atoms. The molecule has 5 heteroatoms. The summed E-state index contributed by atoms with van der Waals surface area (Å²) in [5.41, 5.74) is 7.33. The SMILES string of the molecule is Cc1ccc(COc2ccc(C(=O)NN=Cc3ccc(OCc4ccccc4)cc3)cc2)cc1. The Hall–Kier alpha value is -4.38. The van der Waals surface area contributed by atoms with E-state index in [0.717, 1.165) is 22.4 Å². The van der Waals surface area contributed by atoms with E-state index in [2.05, 4.69) is 29.6 Å². The summed E-state index contributed by atoms with van der Waals surface area (Å²) in [4.78, 5) is 12.3. The van der Waals surface area contributed by atoms with Crippen LogP contribution >= 0.6 is 0 Å². The van der Waals surface area contributed by atoms with Gasteiger partial charge < -0.3 is 9.47 Å². The largest absolute Gasteiger partial charge is 0.489 e. The molecule has 0 aromatic heterocycles. The van der Waals surface area contributed by atoms with E-state index < -0.39 is 0 Å². The fourth-order valence-corrected chi connectivity index (χ4v) is 3.17. The average molecular weight is 451 g/mol. The van der Waals surface area contributed by atoms with Crippen molar-refractivity contribution in [3.63, 3.8) is 0 Å². The number of amides is 1. The third-order valence-electron chi connectivity index (χ3n) is 5.15. The zero-order chi connectivity index (χ0) is 23.6. The molecule has 0 spiro atoms. The Morgan fingerprint density at radius 3 is 1.91 bits per heavy atom. The Labute approximate surface area is 199 Å². The summed E-state index contributed by atoms with van der Waals surface area (Å²) in [6.45, 7) is 3.05. The fourth-order valence-electron chi connectivity index (χ4n) is 3.17. The minimum atomic E-state index is -0.288. The van der Waals surface area contributed by atoms with Gasteiger partial charge in [0.25, 0.3) is 5.91 Å². The number of hydrazone groups is 1. The fraction of sp³-hybridized carbons (Fsp3) is 0.103. The molecule has 1 amide bonds. The number of ether oxygens (including phenoxy) is 2. The van der Waals surface area contributed by atoms with E-state index in [0.29, 0.717) is 24.5 Å². The van der Waals surface area contributed by atoms with Gasteiger partial charge in [0.1, 0.15) is 24.7 Å². The lowest BCUT2D eigenvalue weighted by atomic mass is 10.2. The summed E-state index contributed by atoms with van der Waals surface area (Å²) < 4.78 is 11.6. The van der Waals surface area contributed by atoms with Gasteiger partial charge >= 0.3 is 0 Å². The second-order valence-corrected chi connectivity index (χ2v) is 7.84. The number of benzene rings is 4. The molecule has 0 unspecified atom stereocenters. The van der Waals surface area contributed by atoms with Gasteiger partial charge in [-0.25, -0.2) is 5.43 Å². The molecule has 0 radical (unpaired) electrons. The lowest BCUT2D eigenvalue weighted by molar-refractivity contribution is 0.0955. The molecule has 0 atom stereocenters. The molecule has 0 bridgehead atoms. The van der Waals surface area contributed by atoms with E-state index in [1.807, 2.05) is 66.7 Å². The molecule has 4 aromatic carbocycles. The van der Waals surface area contributed by atoms with Crippen LogP contribution < -0.4 is 14.9 Å². The molecule has 5 nitrogen and oxygen atoms in total. The Morgan fingerprint density at radius 2 is 1.29 bits per heavy atom. The Bertz CT molecular complexity index is 1220. The second kappa shape index (κ2) is 11.5. The monoisotopic (exact) mass is 450 g/mol. The van der Waals surface area contributed by atoms with Crippen molar-refractivity contribution >= 4 is 12.1 Å². The Morgan fingerprint density at radius 1 is 0.735 bits per heavy atom. The van der Waals surface area contributed by atoms with Crippen molar-refractivity contribution in [3.8, 4) is 11.5 Å². The van der Waals surface area contributed by atoms with Crippen molar-refractivity contribution in [2.24, 2.45) is 5.10 Å². The zero-order valence-electron chi connectivity index (χ0n) is 19.0. The van der Waals surface area contributed by atoms with Gasteiger partial charge in [0, 0.05) is 5.56 Å². The highest BCUT2D eigenvalue weighted by Gasteiger charge is 2.05. The van der Waals surface area contributed by atoms with E-state index in [1.54, 1.807) is 30.5 Å². The van der Waals surface area contributed by atoms with E-state index in [9.17, 15) is 4.79 Å². The van der Waals surface area contributed by atoms with Crippen LogP contribution in [0.15, 0.2) is 108 Å². The van der Waals surface area contributed by atoms with Gasteiger partial charge in [0.15, 0.2) is 0 Å². The van der Waals surface area contributed by atoms with E-state index in [1.165, 1.54) is 5.56 Å². The van der Waals surface area contributed by atoms with Crippen molar-refractivity contribution < 1.29 is 14.3 Å². The second-order valence-electron chi connectivity index (χ2n) is 7.84. The quantitative estimate of drug-likeness (QED) is 0.254. The Kier molecular flexibility index (Phi) is 7.70. The number of nitrogens with one attached hydrogen (secondary N) is 1. The van der Waals surface area contributed by atoms with Crippen molar-refractivity contribution in [2.45, 2.75) is 20.1 Å². The van der Waals surface area contributed by atoms with Crippen LogP contribution in [-0.2, 0) is 13.2 Å². The van der Waals surface area contributed by atoms with Gasteiger partial charge in [-0.2, -0.15) is 5.10 Å². The molecule has 0 heterocycles. The smallest absolute Gasteiger partial charge is 0.271 e. The van der Waals surface area contributed by atoms with Gasteiger partial charge in [0.05, 0.1) is 6.21 Å². The van der Waals surface area contributed by atoms with Gasteiger partial charge in [-0.05, 0) is 72.1 Å². The summed E-state index contributed by atoms with van der Waals surface area (Å²) in [6.07, 6.45) is 1.60. The maximum absolute atomic E-state index is 12.3. The maximum Gasteiger partial charge on any atom is 0.271 e. The topological polar surface area (TPSA) is 59.9 Å².